The van der Waals surface area contributed by atoms with Crippen molar-refractivity contribution in [2.24, 2.45) is 0 Å². The van der Waals surface area contributed by atoms with Gasteiger partial charge in [-0.15, -0.1) is 11.6 Å². The van der Waals surface area contributed by atoms with E-state index in [9.17, 15) is 0 Å². The van der Waals surface area contributed by atoms with Crippen LogP contribution in [-0.2, 0) is 0 Å². The second-order valence-corrected chi connectivity index (χ2v) is 3.78. The van der Waals surface area contributed by atoms with E-state index in [1.807, 2.05) is 19.2 Å². The lowest BCUT2D eigenvalue weighted by atomic mass is 10.2. The van der Waals surface area contributed by atoms with Crippen LogP contribution in [0.4, 0.5) is 5.82 Å². The molecule has 0 aliphatic rings. The summed E-state index contributed by atoms with van der Waals surface area (Å²) < 4.78 is 0. The van der Waals surface area contributed by atoms with Crippen molar-refractivity contribution in [1.82, 2.24) is 4.98 Å². The van der Waals surface area contributed by atoms with Crippen molar-refractivity contribution in [3.8, 4) is 0 Å². The largest absolute Gasteiger partial charge is 0.370 e. The number of alkyl halides is 1. The number of hydrogen-bond acceptors (Lipinski definition) is 2. The minimum absolute atomic E-state index is 0.767. The third kappa shape index (κ3) is 4.47. The highest BCUT2D eigenvalue weighted by Gasteiger charge is 1.92. The van der Waals surface area contributed by atoms with Crippen LogP contribution < -0.4 is 5.32 Å². The molecule has 14 heavy (non-hydrogen) atoms. The number of hydrogen-bond donors (Lipinski definition) is 1. The lowest BCUT2D eigenvalue weighted by Crippen LogP contribution is -2.03. The Morgan fingerprint density at radius 3 is 2.79 bits per heavy atom. The summed E-state index contributed by atoms with van der Waals surface area (Å²) in [5.41, 5.74) is 1.19. The molecule has 0 radical (unpaired) electrons. The zero-order valence-electron chi connectivity index (χ0n) is 8.59. The van der Waals surface area contributed by atoms with Gasteiger partial charge in [0.2, 0.25) is 0 Å². The maximum atomic E-state index is 5.58. The number of aromatic nitrogens is 1. The molecule has 0 aromatic carbocycles. The van der Waals surface area contributed by atoms with Gasteiger partial charge in [0.25, 0.3) is 0 Å². The molecule has 1 rings (SSSR count). The molecule has 0 aliphatic heterocycles. The molecule has 0 bridgehead atoms. The molecule has 0 spiro atoms. The molecule has 0 amide bonds. The second-order valence-electron chi connectivity index (χ2n) is 3.40. The standard InChI is InChI=1S/C11H17ClN2/c1-10-5-6-11(14-9-10)13-8-4-2-3-7-12/h5-6,9H,2-4,7-8H2,1H3,(H,13,14). The molecule has 2 nitrogen and oxygen atoms in total. The monoisotopic (exact) mass is 212 g/mol. The van der Waals surface area contributed by atoms with Crippen LogP contribution >= 0.6 is 11.6 Å². The van der Waals surface area contributed by atoms with Gasteiger partial charge < -0.3 is 5.32 Å². The van der Waals surface area contributed by atoms with Crippen molar-refractivity contribution in [3.63, 3.8) is 0 Å². The first kappa shape index (κ1) is 11.3. The summed E-state index contributed by atoms with van der Waals surface area (Å²) in [6.07, 6.45) is 5.32. The average molecular weight is 213 g/mol. The Hall–Kier alpha value is -0.760. The summed E-state index contributed by atoms with van der Waals surface area (Å²) in [7, 11) is 0. The Balaban J connectivity index is 2.15. The fourth-order valence-corrected chi connectivity index (χ4v) is 1.37. The number of rotatable bonds is 6. The highest BCUT2D eigenvalue weighted by Crippen LogP contribution is 2.04. The maximum absolute atomic E-state index is 5.58. The molecule has 0 atom stereocenters. The SMILES string of the molecule is Cc1ccc(NCCCCCCl)nc1. The Morgan fingerprint density at radius 1 is 1.29 bits per heavy atom. The number of nitrogens with zero attached hydrogens (tertiary/aromatic N) is 1. The fourth-order valence-electron chi connectivity index (χ4n) is 1.19. The van der Waals surface area contributed by atoms with Crippen LogP contribution in [0.25, 0.3) is 0 Å². The van der Waals surface area contributed by atoms with Gasteiger partial charge in [-0.1, -0.05) is 12.5 Å². The lowest BCUT2D eigenvalue weighted by molar-refractivity contribution is 0.746. The van der Waals surface area contributed by atoms with Gasteiger partial charge in [-0.05, 0) is 31.4 Å². The summed E-state index contributed by atoms with van der Waals surface area (Å²) in [6, 6.07) is 4.07. The fraction of sp³-hybridized carbons (Fsp3) is 0.545. The maximum Gasteiger partial charge on any atom is 0.125 e. The van der Waals surface area contributed by atoms with Crippen LogP contribution in [0.5, 0.6) is 0 Å². The molecule has 1 heterocycles. The van der Waals surface area contributed by atoms with Gasteiger partial charge in [0.05, 0.1) is 0 Å². The summed E-state index contributed by atoms with van der Waals surface area (Å²) >= 11 is 5.58. The molecule has 1 aromatic rings. The minimum Gasteiger partial charge on any atom is -0.370 e. The molecule has 0 saturated heterocycles. The van der Waals surface area contributed by atoms with Crippen LogP contribution in [0, 0.1) is 6.92 Å². The Kier molecular flexibility index (Phi) is 5.38. The lowest BCUT2D eigenvalue weighted by Gasteiger charge is -2.04. The Bertz CT molecular complexity index is 246. The highest BCUT2D eigenvalue weighted by atomic mass is 35.5. The molecule has 0 saturated carbocycles. The Labute approximate surface area is 90.7 Å². The number of nitrogens with one attached hydrogen (secondary N) is 1. The molecule has 3 heteroatoms. The first-order valence-electron chi connectivity index (χ1n) is 5.05. The molecular formula is C11H17ClN2. The average Bonchev–Trinajstić information content (AvgIpc) is 2.21. The van der Waals surface area contributed by atoms with Crippen molar-refractivity contribution in [1.29, 1.82) is 0 Å². The van der Waals surface area contributed by atoms with E-state index in [1.165, 1.54) is 12.0 Å². The van der Waals surface area contributed by atoms with E-state index in [0.717, 1.165) is 31.1 Å². The summed E-state index contributed by atoms with van der Waals surface area (Å²) in [5.74, 6) is 1.73. The zero-order chi connectivity index (χ0) is 10.2. The van der Waals surface area contributed by atoms with E-state index >= 15 is 0 Å². The summed E-state index contributed by atoms with van der Waals surface area (Å²) in [5, 5.41) is 3.28. The number of anilines is 1. The number of pyridine rings is 1. The number of aryl methyl sites for hydroxylation is 1. The third-order valence-electron chi connectivity index (χ3n) is 2.03. The second kappa shape index (κ2) is 6.66. The first-order valence-corrected chi connectivity index (χ1v) is 5.59. The van der Waals surface area contributed by atoms with Gasteiger partial charge in [-0.3, -0.25) is 0 Å². The normalized spacial score (nSPS) is 10.1. The van der Waals surface area contributed by atoms with Crippen molar-refractivity contribution >= 4 is 17.4 Å². The van der Waals surface area contributed by atoms with Crippen LogP contribution in [0.15, 0.2) is 18.3 Å². The van der Waals surface area contributed by atoms with E-state index < -0.39 is 0 Å². The van der Waals surface area contributed by atoms with Crippen LogP contribution in [0.3, 0.4) is 0 Å². The quantitative estimate of drug-likeness (QED) is 0.579. The minimum atomic E-state index is 0.767. The molecule has 78 valence electrons. The third-order valence-corrected chi connectivity index (χ3v) is 2.30. The van der Waals surface area contributed by atoms with Gasteiger partial charge in [0.1, 0.15) is 5.82 Å². The zero-order valence-corrected chi connectivity index (χ0v) is 9.35. The first-order chi connectivity index (χ1) is 6.83. The topological polar surface area (TPSA) is 24.9 Å². The summed E-state index contributed by atoms with van der Waals surface area (Å²) in [6.45, 7) is 3.02. The van der Waals surface area contributed by atoms with Gasteiger partial charge >= 0.3 is 0 Å². The van der Waals surface area contributed by atoms with E-state index in [4.69, 9.17) is 11.6 Å². The smallest absolute Gasteiger partial charge is 0.125 e. The summed E-state index contributed by atoms with van der Waals surface area (Å²) in [4.78, 5) is 4.26. The molecule has 1 N–H and O–H groups in total. The number of unbranched alkanes of at least 4 members (excludes halogenated alkanes) is 2. The molecule has 0 fully saturated rings. The van der Waals surface area contributed by atoms with Gasteiger partial charge in [-0.2, -0.15) is 0 Å². The molecule has 0 aliphatic carbocycles. The Morgan fingerprint density at radius 2 is 2.14 bits per heavy atom. The van der Waals surface area contributed by atoms with Gasteiger partial charge in [0, 0.05) is 18.6 Å². The van der Waals surface area contributed by atoms with Crippen molar-refractivity contribution in [3.05, 3.63) is 23.9 Å². The molecule has 0 unspecified atom stereocenters. The predicted molar refractivity (Wildman–Crippen MR) is 62.0 cm³/mol. The van der Waals surface area contributed by atoms with E-state index in [-0.39, 0.29) is 0 Å². The van der Waals surface area contributed by atoms with Crippen molar-refractivity contribution in [2.75, 3.05) is 17.7 Å². The van der Waals surface area contributed by atoms with E-state index in [0.29, 0.717) is 0 Å². The van der Waals surface area contributed by atoms with Crippen LogP contribution in [-0.4, -0.2) is 17.4 Å². The highest BCUT2D eigenvalue weighted by molar-refractivity contribution is 6.17. The van der Waals surface area contributed by atoms with E-state index in [2.05, 4.69) is 16.4 Å². The molecular weight excluding hydrogens is 196 g/mol. The van der Waals surface area contributed by atoms with Gasteiger partial charge in [0.15, 0.2) is 0 Å². The van der Waals surface area contributed by atoms with Crippen LogP contribution in [0.1, 0.15) is 24.8 Å². The van der Waals surface area contributed by atoms with Crippen molar-refractivity contribution in [2.45, 2.75) is 26.2 Å². The van der Waals surface area contributed by atoms with Crippen molar-refractivity contribution < 1.29 is 0 Å². The van der Waals surface area contributed by atoms with E-state index in [1.54, 1.807) is 0 Å². The van der Waals surface area contributed by atoms with Crippen LogP contribution in [0.2, 0.25) is 0 Å². The molecule has 1 aromatic heterocycles. The predicted octanol–water partition coefficient (Wildman–Crippen LogP) is 3.21. The number of halogens is 1. The van der Waals surface area contributed by atoms with Gasteiger partial charge in [-0.25, -0.2) is 4.98 Å².